The summed E-state index contributed by atoms with van der Waals surface area (Å²) in [5, 5.41) is 17.9. The Hall–Kier alpha value is -2.17. The lowest BCUT2D eigenvalue weighted by atomic mass is 10.2. The molecule has 0 bridgehead atoms. The molecular weight excluding hydrogens is 182 g/mol. The first-order valence-corrected chi connectivity index (χ1v) is 3.97. The van der Waals surface area contributed by atoms with Gasteiger partial charge in [-0.05, 0) is 12.1 Å². The van der Waals surface area contributed by atoms with Crippen molar-refractivity contribution in [1.82, 2.24) is 10.2 Å². The Kier molecular flexibility index (Phi) is 1.78. The molecule has 0 aliphatic carbocycles. The van der Waals surface area contributed by atoms with Gasteiger partial charge in [-0.25, -0.2) is 0 Å². The SMILES string of the molecule is C=Cc1n[nH]c2ccc([N+](=O)[O-])cc12. The Morgan fingerprint density at radius 3 is 3.00 bits per heavy atom. The maximum absolute atomic E-state index is 10.5. The van der Waals surface area contributed by atoms with Gasteiger partial charge >= 0.3 is 0 Å². The normalized spacial score (nSPS) is 10.3. The molecule has 0 fully saturated rings. The summed E-state index contributed by atoms with van der Waals surface area (Å²) < 4.78 is 0. The third-order valence-electron chi connectivity index (χ3n) is 1.98. The molecule has 5 nitrogen and oxygen atoms in total. The van der Waals surface area contributed by atoms with E-state index in [1.165, 1.54) is 12.1 Å². The minimum atomic E-state index is -0.431. The highest BCUT2D eigenvalue weighted by atomic mass is 16.6. The number of nitrogens with zero attached hydrogens (tertiary/aromatic N) is 2. The smallest absolute Gasteiger partial charge is 0.270 e. The number of non-ortho nitro benzene ring substituents is 1. The van der Waals surface area contributed by atoms with Crippen LogP contribution in [0.25, 0.3) is 17.0 Å². The molecule has 0 aliphatic rings. The molecule has 1 heterocycles. The van der Waals surface area contributed by atoms with Gasteiger partial charge < -0.3 is 0 Å². The Bertz CT molecular complexity index is 516. The number of nitrogens with one attached hydrogen (secondary N) is 1. The van der Waals surface area contributed by atoms with Gasteiger partial charge in [-0.1, -0.05) is 6.58 Å². The number of rotatable bonds is 2. The molecule has 14 heavy (non-hydrogen) atoms. The Balaban J connectivity index is 2.73. The largest absolute Gasteiger partial charge is 0.277 e. The molecule has 0 amide bonds. The van der Waals surface area contributed by atoms with Gasteiger partial charge in [-0.15, -0.1) is 0 Å². The van der Waals surface area contributed by atoms with Crippen molar-refractivity contribution in [2.45, 2.75) is 0 Å². The first-order valence-electron chi connectivity index (χ1n) is 3.97. The molecule has 70 valence electrons. The zero-order valence-corrected chi connectivity index (χ0v) is 7.23. The van der Waals surface area contributed by atoms with Crippen LogP contribution in [-0.4, -0.2) is 15.1 Å². The summed E-state index contributed by atoms with van der Waals surface area (Å²) in [6.07, 6.45) is 1.56. The molecule has 2 aromatic rings. The standard InChI is InChI=1S/C9H7N3O2/c1-2-8-7-5-6(12(13)14)3-4-9(7)11-10-8/h2-5H,1H2,(H,10,11). The van der Waals surface area contributed by atoms with Gasteiger partial charge in [-0.2, -0.15) is 5.10 Å². The van der Waals surface area contributed by atoms with Crippen LogP contribution in [0.5, 0.6) is 0 Å². The average molecular weight is 189 g/mol. The first-order chi connectivity index (χ1) is 6.72. The number of hydrogen-bond acceptors (Lipinski definition) is 3. The third-order valence-corrected chi connectivity index (χ3v) is 1.98. The molecule has 0 radical (unpaired) electrons. The van der Waals surface area contributed by atoms with Crippen LogP contribution in [0.2, 0.25) is 0 Å². The molecule has 1 aromatic carbocycles. The highest BCUT2D eigenvalue weighted by molar-refractivity contribution is 5.88. The number of benzene rings is 1. The molecule has 5 heteroatoms. The van der Waals surface area contributed by atoms with Crippen LogP contribution in [0.15, 0.2) is 24.8 Å². The number of H-pyrrole nitrogens is 1. The minimum Gasteiger partial charge on any atom is -0.277 e. The van der Waals surface area contributed by atoms with Crippen molar-refractivity contribution in [2.75, 3.05) is 0 Å². The van der Waals surface area contributed by atoms with E-state index in [0.717, 1.165) is 5.52 Å². The van der Waals surface area contributed by atoms with E-state index in [1.54, 1.807) is 12.1 Å². The summed E-state index contributed by atoms with van der Waals surface area (Å²) in [5.41, 5.74) is 1.45. The molecule has 1 aromatic heterocycles. The number of fused-ring (bicyclic) bond motifs is 1. The summed E-state index contributed by atoms with van der Waals surface area (Å²) in [6.45, 7) is 3.58. The second-order valence-electron chi connectivity index (χ2n) is 2.80. The summed E-state index contributed by atoms with van der Waals surface area (Å²) in [7, 11) is 0. The number of aromatic amines is 1. The van der Waals surface area contributed by atoms with E-state index in [4.69, 9.17) is 0 Å². The summed E-state index contributed by atoms with van der Waals surface area (Å²) in [4.78, 5) is 10.1. The van der Waals surface area contributed by atoms with Gasteiger partial charge in [0.15, 0.2) is 0 Å². The van der Waals surface area contributed by atoms with Crippen LogP contribution in [0.1, 0.15) is 5.69 Å². The number of aromatic nitrogens is 2. The van der Waals surface area contributed by atoms with Gasteiger partial charge in [0.05, 0.1) is 16.1 Å². The van der Waals surface area contributed by atoms with E-state index in [-0.39, 0.29) is 5.69 Å². The zero-order chi connectivity index (χ0) is 10.1. The molecule has 2 rings (SSSR count). The van der Waals surface area contributed by atoms with Crippen LogP contribution >= 0.6 is 0 Å². The van der Waals surface area contributed by atoms with Crippen LogP contribution < -0.4 is 0 Å². The van der Waals surface area contributed by atoms with Crippen molar-refractivity contribution in [3.63, 3.8) is 0 Å². The van der Waals surface area contributed by atoms with Crippen molar-refractivity contribution in [3.8, 4) is 0 Å². The fraction of sp³-hybridized carbons (Fsp3) is 0. The fourth-order valence-electron chi connectivity index (χ4n) is 1.29. The Morgan fingerprint density at radius 2 is 2.36 bits per heavy atom. The fourth-order valence-corrected chi connectivity index (χ4v) is 1.29. The second-order valence-corrected chi connectivity index (χ2v) is 2.80. The van der Waals surface area contributed by atoms with Crippen molar-refractivity contribution >= 4 is 22.7 Å². The number of nitro groups is 1. The molecule has 0 saturated heterocycles. The molecule has 0 atom stereocenters. The second kappa shape index (κ2) is 2.95. The van der Waals surface area contributed by atoms with E-state index in [9.17, 15) is 10.1 Å². The Labute approximate surface area is 79.2 Å². The van der Waals surface area contributed by atoms with Crippen LogP contribution in [0, 0.1) is 10.1 Å². The lowest BCUT2D eigenvalue weighted by molar-refractivity contribution is -0.384. The predicted octanol–water partition coefficient (Wildman–Crippen LogP) is 2.11. The van der Waals surface area contributed by atoms with E-state index < -0.39 is 4.92 Å². The van der Waals surface area contributed by atoms with Crippen molar-refractivity contribution in [1.29, 1.82) is 0 Å². The lowest BCUT2D eigenvalue weighted by Crippen LogP contribution is -1.86. The molecule has 0 unspecified atom stereocenters. The summed E-state index contributed by atoms with van der Waals surface area (Å²) in [6, 6.07) is 4.55. The van der Waals surface area contributed by atoms with Crippen LogP contribution in [0.4, 0.5) is 5.69 Å². The van der Waals surface area contributed by atoms with Gasteiger partial charge in [-0.3, -0.25) is 15.2 Å². The maximum Gasteiger partial charge on any atom is 0.270 e. The van der Waals surface area contributed by atoms with Gasteiger partial charge in [0.2, 0.25) is 0 Å². The molecule has 0 saturated carbocycles. The van der Waals surface area contributed by atoms with Crippen molar-refractivity contribution < 1.29 is 4.92 Å². The minimum absolute atomic E-state index is 0.0574. The van der Waals surface area contributed by atoms with Crippen LogP contribution in [0.3, 0.4) is 0 Å². The van der Waals surface area contributed by atoms with E-state index in [1.807, 2.05) is 0 Å². The lowest BCUT2D eigenvalue weighted by Gasteiger charge is -1.91. The predicted molar refractivity (Wildman–Crippen MR) is 52.8 cm³/mol. The maximum atomic E-state index is 10.5. The third kappa shape index (κ3) is 1.15. The summed E-state index contributed by atoms with van der Waals surface area (Å²) in [5.74, 6) is 0. The first kappa shape index (κ1) is 8.43. The molecular formula is C9H7N3O2. The van der Waals surface area contributed by atoms with E-state index >= 15 is 0 Å². The zero-order valence-electron chi connectivity index (χ0n) is 7.23. The highest BCUT2D eigenvalue weighted by Crippen LogP contribution is 2.22. The average Bonchev–Trinajstić information content (AvgIpc) is 2.59. The van der Waals surface area contributed by atoms with Crippen molar-refractivity contribution in [3.05, 3.63) is 40.6 Å². The Morgan fingerprint density at radius 1 is 1.57 bits per heavy atom. The number of nitro benzene ring substituents is 1. The summed E-state index contributed by atoms with van der Waals surface area (Å²) >= 11 is 0. The van der Waals surface area contributed by atoms with E-state index in [2.05, 4.69) is 16.8 Å². The molecule has 0 aliphatic heterocycles. The van der Waals surface area contributed by atoms with Gasteiger partial charge in [0.1, 0.15) is 0 Å². The quantitative estimate of drug-likeness (QED) is 0.580. The van der Waals surface area contributed by atoms with Crippen LogP contribution in [-0.2, 0) is 0 Å². The van der Waals surface area contributed by atoms with Gasteiger partial charge in [0.25, 0.3) is 5.69 Å². The molecule has 0 spiro atoms. The van der Waals surface area contributed by atoms with Crippen molar-refractivity contribution in [2.24, 2.45) is 0 Å². The topological polar surface area (TPSA) is 71.8 Å². The van der Waals surface area contributed by atoms with E-state index in [0.29, 0.717) is 11.1 Å². The monoisotopic (exact) mass is 189 g/mol. The molecule has 1 N–H and O–H groups in total. The highest BCUT2D eigenvalue weighted by Gasteiger charge is 2.09. The number of hydrogen-bond donors (Lipinski definition) is 1. The van der Waals surface area contributed by atoms with Gasteiger partial charge in [0, 0.05) is 17.5 Å².